The molecule has 21 heavy (non-hydrogen) atoms. The summed E-state index contributed by atoms with van der Waals surface area (Å²) >= 11 is 0. The van der Waals surface area contributed by atoms with E-state index in [0.29, 0.717) is 23.7 Å². The van der Waals surface area contributed by atoms with Crippen molar-refractivity contribution in [1.29, 1.82) is 0 Å². The highest BCUT2D eigenvalue weighted by molar-refractivity contribution is 5.66. The Kier molecular flexibility index (Phi) is 4.61. The summed E-state index contributed by atoms with van der Waals surface area (Å²) in [6.45, 7) is 2.49. The number of nitro groups is 1. The third kappa shape index (κ3) is 4.10. The van der Waals surface area contributed by atoms with Crippen molar-refractivity contribution in [1.82, 2.24) is 0 Å². The van der Waals surface area contributed by atoms with E-state index in [1.165, 1.54) is 12.1 Å². The number of nitro benzene ring substituents is 1. The highest BCUT2D eigenvalue weighted by Crippen LogP contribution is 2.28. The van der Waals surface area contributed by atoms with Gasteiger partial charge in [0, 0.05) is 29.2 Å². The Morgan fingerprint density at radius 3 is 2.52 bits per heavy atom. The van der Waals surface area contributed by atoms with Gasteiger partial charge in [-0.3, -0.25) is 10.1 Å². The highest BCUT2D eigenvalue weighted by atomic mass is 16.6. The smallest absolute Gasteiger partial charge is 0.275 e. The molecule has 0 saturated heterocycles. The molecule has 0 aliphatic rings. The second kappa shape index (κ2) is 6.60. The summed E-state index contributed by atoms with van der Waals surface area (Å²) < 4.78 is 5.48. The first-order valence-corrected chi connectivity index (χ1v) is 6.63. The summed E-state index contributed by atoms with van der Waals surface area (Å²) in [6.07, 6.45) is 0.837. The average Bonchev–Trinajstić information content (AvgIpc) is 2.47. The molecule has 0 atom stereocenters. The molecule has 2 rings (SSSR count). The van der Waals surface area contributed by atoms with Crippen LogP contribution in [-0.2, 0) is 0 Å². The number of ether oxygens (including phenoxy) is 1. The van der Waals surface area contributed by atoms with Gasteiger partial charge in [0.2, 0.25) is 0 Å². The van der Waals surface area contributed by atoms with Crippen LogP contribution in [0, 0.1) is 10.1 Å². The van der Waals surface area contributed by atoms with Crippen LogP contribution in [-0.4, -0.2) is 11.5 Å². The average molecular weight is 287 g/mol. The van der Waals surface area contributed by atoms with Crippen molar-refractivity contribution < 1.29 is 9.66 Å². The predicted octanol–water partition coefficient (Wildman–Crippen LogP) is 3.71. The van der Waals surface area contributed by atoms with Crippen LogP contribution in [0.5, 0.6) is 5.75 Å². The Bertz CT molecular complexity index is 627. The molecule has 0 aromatic heterocycles. The van der Waals surface area contributed by atoms with Gasteiger partial charge in [-0.05, 0) is 30.7 Å². The van der Waals surface area contributed by atoms with Crippen molar-refractivity contribution in [3.05, 3.63) is 52.6 Å². The van der Waals surface area contributed by atoms with Crippen LogP contribution < -0.4 is 15.8 Å². The predicted molar refractivity (Wildman–Crippen MR) is 83.0 cm³/mol. The van der Waals surface area contributed by atoms with Crippen LogP contribution in [0.15, 0.2) is 42.5 Å². The molecule has 3 N–H and O–H groups in total. The van der Waals surface area contributed by atoms with Gasteiger partial charge < -0.3 is 15.8 Å². The molecule has 0 saturated carbocycles. The quantitative estimate of drug-likeness (QED) is 0.480. The van der Waals surface area contributed by atoms with Gasteiger partial charge in [0.1, 0.15) is 5.75 Å². The second-order valence-electron chi connectivity index (χ2n) is 4.57. The SMILES string of the molecule is CCCOc1cc(Nc2ccc(N)cc2)cc([N+](=O)[O-])c1. The molecule has 0 aliphatic carbocycles. The van der Waals surface area contributed by atoms with E-state index in [2.05, 4.69) is 5.32 Å². The molecule has 0 heterocycles. The van der Waals surface area contributed by atoms with Crippen molar-refractivity contribution in [2.24, 2.45) is 0 Å². The summed E-state index contributed by atoms with van der Waals surface area (Å²) in [5, 5.41) is 14.1. The maximum absolute atomic E-state index is 11.0. The van der Waals surface area contributed by atoms with Crippen LogP contribution in [0.1, 0.15) is 13.3 Å². The maximum Gasteiger partial charge on any atom is 0.275 e. The van der Waals surface area contributed by atoms with Gasteiger partial charge in [0.15, 0.2) is 0 Å². The van der Waals surface area contributed by atoms with E-state index in [4.69, 9.17) is 10.5 Å². The van der Waals surface area contributed by atoms with E-state index in [-0.39, 0.29) is 5.69 Å². The van der Waals surface area contributed by atoms with Crippen molar-refractivity contribution in [2.45, 2.75) is 13.3 Å². The van der Waals surface area contributed by atoms with Gasteiger partial charge in [-0.1, -0.05) is 6.92 Å². The maximum atomic E-state index is 11.0. The number of rotatable bonds is 6. The lowest BCUT2D eigenvalue weighted by Gasteiger charge is -2.10. The first kappa shape index (κ1) is 14.6. The monoisotopic (exact) mass is 287 g/mol. The molecule has 2 aromatic carbocycles. The molecule has 0 amide bonds. The zero-order valence-electron chi connectivity index (χ0n) is 11.7. The van der Waals surface area contributed by atoms with Gasteiger partial charge in [0.05, 0.1) is 17.6 Å². The number of nitrogen functional groups attached to an aromatic ring is 1. The molecule has 0 bridgehead atoms. The minimum absolute atomic E-state index is 0.0125. The van der Waals surface area contributed by atoms with Gasteiger partial charge in [-0.25, -0.2) is 0 Å². The molecule has 0 spiro atoms. The van der Waals surface area contributed by atoms with E-state index >= 15 is 0 Å². The van der Waals surface area contributed by atoms with Gasteiger partial charge in [-0.15, -0.1) is 0 Å². The topological polar surface area (TPSA) is 90.4 Å². The van der Waals surface area contributed by atoms with Crippen LogP contribution in [0.4, 0.5) is 22.7 Å². The molecule has 6 nitrogen and oxygen atoms in total. The Labute approximate surface area is 122 Å². The molecule has 0 unspecified atom stereocenters. The summed E-state index contributed by atoms with van der Waals surface area (Å²) in [7, 11) is 0. The van der Waals surface area contributed by atoms with Crippen LogP contribution in [0.3, 0.4) is 0 Å². The number of nitrogens with zero attached hydrogens (tertiary/aromatic N) is 1. The first-order chi connectivity index (χ1) is 10.1. The van der Waals surface area contributed by atoms with Gasteiger partial charge in [-0.2, -0.15) is 0 Å². The lowest BCUT2D eigenvalue weighted by Crippen LogP contribution is -1.99. The largest absolute Gasteiger partial charge is 0.493 e. The van der Waals surface area contributed by atoms with Gasteiger partial charge >= 0.3 is 0 Å². The zero-order chi connectivity index (χ0) is 15.2. The molecule has 0 aliphatic heterocycles. The molecule has 110 valence electrons. The Morgan fingerprint density at radius 1 is 1.19 bits per heavy atom. The molecule has 0 fully saturated rings. The standard InChI is InChI=1S/C15H17N3O3/c1-2-7-21-15-9-13(8-14(10-15)18(19)20)17-12-5-3-11(16)4-6-12/h3-6,8-10,17H,2,7,16H2,1H3. The van der Waals surface area contributed by atoms with Crippen molar-refractivity contribution in [3.8, 4) is 5.75 Å². The van der Waals surface area contributed by atoms with E-state index in [9.17, 15) is 10.1 Å². The number of hydrogen-bond donors (Lipinski definition) is 2. The minimum atomic E-state index is -0.438. The normalized spacial score (nSPS) is 10.1. The number of non-ortho nitro benzene ring substituents is 1. The lowest BCUT2D eigenvalue weighted by molar-refractivity contribution is -0.384. The first-order valence-electron chi connectivity index (χ1n) is 6.63. The van der Waals surface area contributed by atoms with Crippen LogP contribution in [0.2, 0.25) is 0 Å². The number of nitrogens with one attached hydrogen (secondary N) is 1. The summed E-state index contributed by atoms with van der Waals surface area (Å²) in [6, 6.07) is 11.8. The van der Waals surface area contributed by atoms with E-state index in [1.807, 2.05) is 6.92 Å². The summed E-state index contributed by atoms with van der Waals surface area (Å²) in [4.78, 5) is 10.5. The molecular formula is C15H17N3O3. The van der Waals surface area contributed by atoms with Crippen molar-refractivity contribution in [3.63, 3.8) is 0 Å². The van der Waals surface area contributed by atoms with Crippen LogP contribution in [0.25, 0.3) is 0 Å². The molecular weight excluding hydrogens is 270 g/mol. The fourth-order valence-electron chi connectivity index (χ4n) is 1.80. The third-order valence-corrected chi connectivity index (χ3v) is 2.77. The molecule has 2 aromatic rings. The number of nitrogens with two attached hydrogens (primary N) is 1. The number of hydrogen-bond acceptors (Lipinski definition) is 5. The third-order valence-electron chi connectivity index (χ3n) is 2.77. The molecule has 0 radical (unpaired) electrons. The Morgan fingerprint density at radius 2 is 1.90 bits per heavy atom. The van der Waals surface area contributed by atoms with Crippen molar-refractivity contribution >= 4 is 22.7 Å². The fraction of sp³-hybridized carbons (Fsp3) is 0.200. The zero-order valence-corrected chi connectivity index (χ0v) is 11.7. The van der Waals surface area contributed by atoms with Crippen LogP contribution >= 0.6 is 0 Å². The summed E-state index contributed by atoms with van der Waals surface area (Å²) in [5.74, 6) is 0.476. The number of benzene rings is 2. The number of anilines is 3. The highest BCUT2D eigenvalue weighted by Gasteiger charge is 2.11. The van der Waals surface area contributed by atoms with Gasteiger partial charge in [0.25, 0.3) is 5.69 Å². The minimum Gasteiger partial charge on any atom is -0.493 e. The summed E-state index contributed by atoms with van der Waals surface area (Å²) in [5.41, 5.74) is 7.67. The van der Waals surface area contributed by atoms with E-state index in [0.717, 1.165) is 12.1 Å². The van der Waals surface area contributed by atoms with E-state index < -0.39 is 4.92 Å². The Balaban J connectivity index is 2.26. The second-order valence-corrected chi connectivity index (χ2v) is 4.57. The lowest BCUT2D eigenvalue weighted by atomic mass is 10.2. The fourth-order valence-corrected chi connectivity index (χ4v) is 1.80. The van der Waals surface area contributed by atoms with E-state index in [1.54, 1.807) is 30.3 Å². The van der Waals surface area contributed by atoms with Crippen molar-refractivity contribution in [2.75, 3.05) is 17.7 Å². The molecule has 6 heteroatoms. The Hall–Kier alpha value is -2.76.